The van der Waals surface area contributed by atoms with Gasteiger partial charge < -0.3 is 10.4 Å². The highest BCUT2D eigenvalue weighted by atomic mass is 35.5. The zero-order valence-corrected chi connectivity index (χ0v) is 11.1. The molecule has 0 spiro atoms. The SMILES string of the molecule is O=C(N[C@H]1CCCC[C@@H]1O)c1cc(Cl)nnc1Cl. The molecule has 5 nitrogen and oxygen atoms in total. The number of nitrogens with one attached hydrogen (secondary N) is 1. The molecule has 18 heavy (non-hydrogen) atoms. The molecule has 0 aromatic carbocycles. The standard InChI is InChI=1S/C11H13Cl2N3O2/c12-9-5-6(10(13)16-15-9)11(18)14-7-3-1-2-4-8(7)17/h5,7-8,17H,1-4H2,(H,14,18)/t7-,8-/m0/s1. The van der Waals surface area contributed by atoms with E-state index in [2.05, 4.69) is 15.5 Å². The Morgan fingerprint density at radius 1 is 1.33 bits per heavy atom. The predicted molar refractivity (Wildman–Crippen MR) is 67.8 cm³/mol. The van der Waals surface area contributed by atoms with Crippen LogP contribution >= 0.6 is 23.2 Å². The molecule has 1 saturated carbocycles. The van der Waals surface area contributed by atoms with Gasteiger partial charge in [0.2, 0.25) is 0 Å². The molecule has 0 bridgehead atoms. The highest BCUT2D eigenvalue weighted by molar-refractivity contribution is 6.34. The maximum atomic E-state index is 12.0. The van der Waals surface area contributed by atoms with Gasteiger partial charge in [-0.15, -0.1) is 10.2 Å². The van der Waals surface area contributed by atoms with Crippen LogP contribution < -0.4 is 5.32 Å². The van der Waals surface area contributed by atoms with Crippen LogP contribution in [0.5, 0.6) is 0 Å². The monoisotopic (exact) mass is 289 g/mol. The molecule has 98 valence electrons. The van der Waals surface area contributed by atoms with Gasteiger partial charge in [0, 0.05) is 0 Å². The van der Waals surface area contributed by atoms with Crippen molar-refractivity contribution >= 4 is 29.1 Å². The molecule has 1 aliphatic carbocycles. The number of carbonyl (C=O) groups excluding carboxylic acids is 1. The van der Waals surface area contributed by atoms with Gasteiger partial charge in [-0.2, -0.15) is 0 Å². The van der Waals surface area contributed by atoms with E-state index in [9.17, 15) is 9.90 Å². The van der Waals surface area contributed by atoms with Crippen LogP contribution in [0, 0.1) is 0 Å². The summed E-state index contributed by atoms with van der Waals surface area (Å²) in [6.45, 7) is 0. The maximum Gasteiger partial charge on any atom is 0.254 e. The van der Waals surface area contributed by atoms with Crippen LogP contribution in [0.2, 0.25) is 10.3 Å². The van der Waals surface area contributed by atoms with E-state index in [0.717, 1.165) is 19.3 Å². The van der Waals surface area contributed by atoms with E-state index < -0.39 is 6.10 Å². The molecule has 2 N–H and O–H groups in total. The minimum absolute atomic E-state index is 0.00204. The summed E-state index contributed by atoms with van der Waals surface area (Å²) >= 11 is 11.5. The van der Waals surface area contributed by atoms with Gasteiger partial charge in [-0.3, -0.25) is 4.79 Å². The molecule has 2 atom stereocenters. The first-order chi connectivity index (χ1) is 8.58. The van der Waals surface area contributed by atoms with Crippen LogP contribution in [0.4, 0.5) is 0 Å². The van der Waals surface area contributed by atoms with E-state index in [1.807, 2.05) is 0 Å². The first kappa shape index (κ1) is 13.5. The van der Waals surface area contributed by atoms with Crippen molar-refractivity contribution in [3.8, 4) is 0 Å². The third-order valence-electron chi connectivity index (χ3n) is 3.01. The lowest BCUT2D eigenvalue weighted by Gasteiger charge is -2.28. The Morgan fingerprint density at radius 2 is 2.06 bits per heavy atom. The molecule has 1 fully saturated rings. The second kappa shape index (κ2) is 5.82. The topological polar surface area (TPSA) is 75.1 Å². The number of hydrogen-bond donors (Lipinski definition) is 2. The normalized spacial score (nSPS) is 23.7. The minimum Gasteiger partial charge on any atom is -0.391 e. The molecule has 0 radical (unpaired) electrons. The van der Waals surface area contributed by atoms with Gasteiger partial charge in [-0.25, -0.2) is 0 Å². The summed E-state index contributed by atoms with van der Waals surface area (Å²) in [5.74, 6) is -0.386. The van der Waals surface area contributed by atoms with Gasteiger partial charge in [0.05, 0.1) is 17.7 Å². The molecule has 0 unspecified atom stereocenters. The average Bonchev–Trinajstić information content (AvgIpc) is 2.35. The van der Waals surface area contributed by atoms with Crippen molar-refractivity contribution in [3.05, 3.63) is 21.9 Å². The number of hydrogen-bond acceptors (Lipinski definition) is 4. The maximum absolute atomic E-state index is 12.0. The van der Waals surface area contributed by atoms with Crippen LogP contribution in [0.25, 0.3) is 0 Å². The molecule has 1 aliphatic rings. The fourth-order valence-corrected chi connectivity index (χ4v) is 2.36. The summed E-state index contributed by atoms with van der Waals surface area (Å²) < 4.78 is 0. The predicted octanol–water partition coefficient (Wildman–Crippen LogP) is 1.82. The van der Waals surface area contributed by atoms with Gasteiger partial charge in [0.25, 0.3) is 5.91 Å². The Kier molecular flexibility index (Phi) is 4.37. The Balaban J connectivity index is 2.09. The third-order valence-corrected chi connectivity index (χ3v) is 3.47. The van der Waals surface area contributed by atoms with Crippen molar-refractivity contribution in [3.63, 3.8) is 0 Å². The fraction of sp³-hybridized carbons (Fsp3) is 0.545. The largest absolute Gasteiger partial charge is 0.391 e. The first-order valence-electron chi connectivity index (χ1n) is 5.75. The van der Waals surface area contributed by atoms with E-state index in [-0.39, 0.29) is 27.8 Å². The molecule has 1 heterocycles. The summed E-state index contributed by atoms with van der Waals surface area (Å²) in [7, 11) is 0. The molecule has 1 amide bonds. The van der Waals surface area contributed by atoms with Crippen molar-refractivity contribution < 1.29 is 9.90 Å². The number of amides is 1. The van der Waals surface area contributed by atoms with Crippen molar-refractivity contribution in [2.75, 3.05) is 0 Å². The van der Waals surface area contributed by atoms with Gasteiger partial charge in [-0.05, 0) is 18.9 Å². The summed E-state index contributed by atoms with van der Waals surface area (Å²) in [6.07, 6.45) is 2.93. The van der Waals surface area contributed by atoms with E-state index in [1.54, 1.807) is 0 Å². The second-order valence-electron chi connectivity index (χ2n) is 4.30. The lowest BCUT2D eigenvalue weighted by atomic mass is 9.92. The molecule has 7 heteroatoms. The van der Waals surface area contributed by atoms with Crippen LogP contribution in [0.15, 0.2) is 6.07 Å². The minimum atomic E-state index is -0.508. The first-order valence-corrected chi connectivity index (χ1v) is 6.51. The van der Waals surface area contributed by atoms with E-state index in [1.165, 1.54) is 6.07 Å². The van der Waals surface area contributed by atoms with Crippen molar-refractivity contribution in [2.45, 2.75) is 37.8 Å². The number of aliphatic hydroxyl groups is 1. The Morgan fingerprint density at radius 3 is 2.78 bits per heavy atom. The number of carbonyl (C=O) groups is 1. The molecule has 1 aromatic heterocycles. The van der Waals surface area contributed by atoms with Crippen molar-refractivity contribution in [1.29, 1.82) is 0 Å². The number of nitrogens with zero attached hydrogens (tertiary/aromatic N) is 2. The lowest BCUT2D eigenvalue weighted by molar-refractivity contribution is 0.0717. The lowest BCUT2D eigenvalue weighted by Crippen LogP contribution is -2.45. The number of halogens is 2. The second-order valence-corrected chi connectivity index (χ2v) is 5.05. The smallest absolute Gasteiger partial charge is 0.254 e. The molecule has 0 aliphatic heterocycles. The Labute approximate surface area is 115 Å². The van der Waals surface area contributed by atoms with Gasteiger partial charge in [-0.1, -0.05) is 36.0 Å². The number of aliphatic hydroxyl groups excluding tert-OH is 1. The fourth-order valence-electron chi connectivity index (χ4n) is 2.04. The van der Waals surface area contributed by atoms with E-state index in [0.29, 0.717) is 6.42 Å². The van der Waals surface area contributed by atoms with Crippen LogP contribution in [0.3, 0.4) is 0 Å². The zero-order valence-electron chi connectivity index (χ0n) is 9.57. The Bertz CT molecular complexity index is 456. The zero-order chi connectivity index (χ0) is 13.1. The average molecular weight is 290 g/mol. The summed E-state index contributed by atoms with van der Waals surface area (Å²) in [6, 6.07) is 1.12. The third kappa shape index (κ3) is 3.10. The molecular weight excluding hydrogens is 277 g/mol. The highest BCUT2D eigenvalue weighted by Gasteiger charge is 2.25. The van der Waals surface area contributed by atoms with Crippen LogP contribution in [0.1, 0.15) is 36.0 Å². The van der Waals surface area contributed by atoms with E-state index in [4.69, 9.17) is 23.2 Å². The summed E-state index contributed by atoms with van der Waals surface area (Å²) in [5, 5.41) is 19.8. The quantitative estimate of drug-likeness (QED) is 0.871. The van der Waals surface area contributed by atoms with Crippen LogP contribution in [-0.2, 0) is 0 Å². The van der Waals surface area contributed by atoms with Gasteiger partial charge >= 0.3 is 0 Å². The van der Waals surface area contributed by atoms with E-state index >= 15 is 0 Å². The number of aromatic nitrogens is 2. The van der Waals surface area contributed by atoms with Crippen LogP contribution in [-0.4, -0.2) is 33.4 Å². The molecule has 2 rings (SSSR count). The summed E-state index contributed by atoms with van der Waals surface area (Å²) in [4.78, 5) is 12.0. The Hall–Kier alpha value is -0.910. The van der Waals surface area contributed by atoms with Gasteiger partial charge in [0.15, 0.2) is 10.3 Å². The molecule has 1 aromatic rings. The van der Waals surface area contributed by atoms with Crippen molar-refractivity contribution in [2.24, 2.45) is 0 Å². The number of rotatable bonds is 2. The van der Waals surface area contributed by atoms with Gasteiger partial charge in [0.1, 0.15) is 0 Å². The summed E-state index contributed by atoms with van der Waals surface area (Å²) in [5.41, 5.74) is 0.175. The van der Waals surface area contributed by atoms with Crippen molar-refractivity contribution in [1.82, 2.24) is 15.5 Å². The molecule has 0 saturated heterocycles. The highest BCUT2D eigenvalue weighted by Crippen LogP contribution is 2.20. The molecular formula is C11H13Cl2N3O2.